The van der Waals surface area contributed by atoms with Gasteiger partial charge in [-0.3, -0.25) is 0 Å². The minimum Gasteiger partial charge on any atom is -0.423 e. The molecule has 1 saturated heterocycles. The van der Waals surface area contributed by atoms with Gasteiger partial charge in [0.1, 0.15) is 0 Å². The van der Waals surface area contributed by atoms with Gasteiger partial charge in [0, 0.05) is 31.4 Å². The lowest BCUT2D eigenvalue weighted by molar-refractivity contribution is 0.170. The molecule has 1 aromatic heterocycles. The molecule has 1 aliphatic heterocycles. The van der Waals surface area contributed by atoms with E-state index in [0.29, 0.717) is 11.8 Å². The standard InChI is InChI=1S/C18H25N5O2/c1-13-6-7-15(17-21-19-12-25-17)9-16(13)20-18(24)23(3)11-14-5-4-8-22(2)10-14/h6-7,9,12,14H,4-5,8,10-11H2,1-3H3,(H,20,24). The quantitative estimate of drug-likeness (QED) is 0.924. The van der Waals surface area contributed by atoms with Gasteiger partial charge in [0.05, 0.1) is 0 Å². The molecule has 0 spiro atoms. The Balaban J connectivity index is 1.64. The van der Waals surface area contributed by atoms with Crippen molar-refractivity contribution in [2.75, 3.05) is 39.0 Å². The largest absolute Gasteiger partial charge is 0.423 e. The van der Waals surface area contributed by atoms with Crippen LogP contribution in [0, 0.1) is 12.8 Å². The third-order valence-electron chi connectivity index (χ3n) is 4.69. The molecule has 0 aliphatic carbocycles. The van der Waals surface area contributed by atoms with Crippen molar-refractivity contribution in [3.05, 3.63) is 30.2 Å². The molecule has 134 valence electrons. The average molecular weight is 343 g/mol. The lowest BCUT2D eigenvalue weighted by Gasteiger charge is -2.32. The summed E-state index contributed by atoms with van der Waals surface area (Å²) in [7, 11) is 3.99. The number of nitrogens with zero attached hydrogens (tertiary/aromatic N) is 4. The van der Waals surface area contributed by atoms with Crippen LogP contribution in [0.4, 0.5) is 10.5 Å². The number of aromatic nitrogens is 2. The summed E-state index contributed by atoms with van der Waals surface area (Å²) in [6, 6.07) is 5.60. The van der Waals surface area contributed by atoms with Crippen LogP contribution in [0.3, 0.4) is 0 Å². The highest BCUT2D eigenvalue weighted by Gasteiger charge is 2.21. The first-order valence-electron chi connectivity index (χ1n) is 8.61. The van der Waals surface area contributed by atoms with Gasteiger partial charge in [0.25, 0.3) is 0 Å². The number of hydrogen-bond donors (Lipinski definition) is 1. The molecule has 7 nitrogen and oxygen atoms in total. The predicted molar refractivity (Wildman–Crippen MR) is 96.3 cm³/mol. The van der Waals surface area contributed by atoms with Crippen LogP contribution in [-0.4, -0.2) is 59.8 Å². The van der Waals surface area contributed by atoms with Crippen LogP contribution >= 0.6 is 0 Å². The number of amides is 2. The molecule has 1 unspecified atom stereocenters. The van der Waals surface area contributed by atoms with E-state index in [4.69, 9.17) is 4.42 Å². The molecule has 0 radical (unpaired) electrons. The van der Waals surface area contributed by atoms with E-state index in [2.05, 4.69) is 27.5 Å². The first-order valence-corrected chi connectivity index (χ1v) is 8.61. The van der Waals surface area contributed by atoms with Gasteiger partial charge in [-0.05, 0) is 57.0 Å². The second-order valence-electron chi connectivity index (χ2n) is 6.85. The molecule has 1 N–H and O–H groups in total. The number of carbonyl (C=O) groups is 1. The van der Waals surface area contributed by atoms with Crippen LogP contribution in [0.1, 0.15) is 18.4 Å². The maximum Gasteiger partial charge on any atom is 0.321 e. The predicted octanol–water partition coefficient (Wildman–Crippen LogP) is 2.85. The van der Waals surface area contributed by atoms with Gasteiger partial charge in [-0.15, -0.1) is 10.2 Å². The molecule has 0 bridgehead atoms. The van der Waals surface area contributed by atoms with E-state index in [1.165, 1.54) is 19.2 Å². The molecular formula is C18H25N5O2. The van der Waals surface area contributed by atoms with Gasteiger partial charge < -0.3 is 19.5 Å². The minimum atomic E-state index is -0.0981. The number of urea groups is 1. The number of benzene rings is 1. The number of aryl methyl sites for hydroxylation is 1. The fourth-order valence-corrected chi connectivity index (χ4v) is 3.29. The van der Waals surface area contributed by atoms with Crippen LogP contribution in [0.15, 0.2) is 29.0 Å². The molecule has 0 saturated carbocycles. The molecule has 3 rings (SSSR count). The summed E-state index contributed by atoms with van der Waals surface area (Å²) in [6.07, 6.45) is 3.66. The second-order valence-corrected chi connectivity index (χ2v) is 6.85. The van der Waals surface area contributed by atoms with Crippen LogP contribution < -0.4 is 5.32 Å². The van der Waals surface area contributed by atoms with E-state index >= 15 is 0 Å². The van der Waals surface area contributed by atoms with Gasteiger partial charge in [-0.1, -0.05) is 6.07 Å². The molecule has 1 aliphatic rings. The highest BCUT2D eigenvalue weighted by atomic mass is 16.4. The van der Waals surface area contributed by atoms with Crippen molar-refractivity contribution < 1.29 is 9.21 Å². The summed E-state index contributed by atoms with van der Waals surface area (Å²) in [4.78, 5) is 16.7. The number of likely N-dealkylation sites (tertiary alicyclic amines) is 1. The number of carbonyl (C=O) groups excluding carboxylic acids is 1. The molecule has 1 fully saturated rings. The summed E-state index contributed by atoms with van der Waals surface area (Å²) in [5.74, 6) is 0.967. The minimum absolute atomic E-state index is 0.0981. The van der Waals surface area contributed by atoms with E-state index < -0.39 is 0 Å². The fourth-order valence-electron chi connectivity index (χ4n) is 3.29. The Kier molecular flexibility index (Phi) is 5.33. The third kappa shape index (κ3) is 4.36. The Labute approximate surface area is 148 Å². The Morgan fingerprint density at radius 3 is 3.04 bits per heavy atom. The highest BCUT2D eigenvalue weighted by Crippen LogP contribution is 2.24. The molecule has 7 heteroatoms. The average Bonchev–Trinajstić information content (AvgIpc) is 3.11. The Hall–Kier alpha value is -2.41. The van der Waals surface area contributed by atoms with Crippen molar-refractivity contribution in [2.45, 2.75) is 19.8 Å². The van der Waals surface area contributed by atoms with E-state index in [9.17, 15) is 4.79 Å². The zero-order valence-corrected chi connectivity index (χ0v) is 15.0. The summed E-state index contributed by atoms with van der Waals surface area (Å²) in [5, 5.41) is 10.6. The van der Waals surface area contributed by atoms with Crippen LogP contribution in [-0.2, 0) is 0 Å². The summed E-state index contributed by atoms with van der Waals surface area (Å²) in [5.41, 5.74) is 2.53. The maximum atomic E-state index is 12.6. The SMILES string of the molecule is Cc1ccc(-c2nnco2)cc1NC(=O)N(C)CC1CCCN(C)C1. The van der Waals surface area contributed by atoms with E-state index in [1.807, 2.05) is 32.2 Å². The number of hydrogen-bond acceptors (Lipinski definition) is 5. The summed E-state index contributed by atoms with van der Waals surface area (Å²) < 4.78 is 5.23. The normalized spacial score (nSPS) is 18.1. The number of rotatable bonds is 4. The zero-order valence-electron chi connectivity index (χ0n) is 15.0. The van der Waals surface area contributed by atoms with Gasteiger partial charge in [-0.25, -0.2) is 4.79 Å². The first kappa shape index (κ1) is 17.4. The third-order valence-corrected chi connectivity index (χ3v) is 4.69. The monoisotopic (exact) mass is 343 g/mol. The molecule has 25 heavy (non-hydrogen) atoms. The van der Waals surface area contributed by atoms with Crippen molar-refractivity contribution in [2.24, 2.45) is 5.92 Å². The molecule has 2 heterocycles. The Morgan fingerprint density at radius 1 is 1.48 bits per heavy atom. The number of anilines is 1. The molecular weight excluding hydrogens is 318 g/mol. The van der Waals surface area contributed by atoms with Gasteiger partial charge >= 0.3 is 6.03 Å². The second kappa shape index (κ2) is 7.65. The van der Waals surface area contributed by atoms with Crippen LogP contribution in [0.5, 0.6) is 0 Å². The van der Waals surface area contributed by atoms with Crippen molar-refractivity contribution in [1.29, 1.82) is 0 Å². The highest BCUT2D eigenvalue weighted by molar-refractivity contribution is 5.90. The lowest BCUT2D eigenvalue weighted by atomic mass is 9.98. The first-order chi connectivity index (χ1) is 12.0. The van der Waals surface area contributed by atoms with Crippen molar-refractivity contribution in [3.8, 4) is 11.5 Å². The molecule has 2 aromatic rings. The molecule has 2 amide bonds. The zero-order chi connectivity index (χ0) is 17.8. The smallest absolute Gasteiger partial charge is 0.321 e. The van der Waals surface area contributed by atoms with E-state index in [0.717, 1.165) is 36.4 Å². The summed E-state index contributed by atoms with van der Waals surface area (Å²) in [6.45, 7) is 4.92. The Bertz CT molecular complexity index is 716. The number of nitrogens with one attached hydrogen (secondary N) is 1. The van der Waals surface area contributed by atoms with E-state index in [1.54, 1.807) is 4.90 Å². The number of piperidine rings is 1. The van der Waals surface area contributed by atoms with Crippen molar-refractivity contribution in [1.82, 2.24) is 20.0 Å². The van der Waals surface area contributed by atoms with Gasteiger partial charge in [0.15, 0.2) is 0 Å². The Morgan fingerprint density at radius 2 is 2.32 bits per heavy atom. The van der Waals surface area contributed by atoms with Crippen molar-refractivity contribution >= 4 is 11.7 Å². The van der Waals surface area contributed by atoms with Gasteiger partial charge in [-0.2, -0.15) is 0 Å². The van der Waals surface area contributed by atoms with Gasteiger partial charge in [0.2, 0.25) is 12.3 Å². The maximum absolute atomic E-state index is 12.6. The summed E-state index contributed by atoms with van der Waals surface area (Å²) >= 11 is 0. The van der Waals surface area contributed by atoms with E-state index in [-0.39, 0.29) is 6.03 Å². The molecule has 1 atom stereocenters. The van der Waals surface area contributed by atoms with Crippen LogP contribution in [0.25, 0.3) is 11.5 Å². The molecule has 1 aromatic carbocycles. The van der Waals surface area contributed by atoms with Crippen molar-refractivity contribution in [3.63, 3.8) is 0 Å². The topological polar surface area (TPSA) is 74.5 Å². The lowest BCUT2D eigenvalue weighted by Crippen LogP contribution is -2.41. The fraction of sp³-hybridized carbons (Fsp3) is 0.500. The van der Waals surface area contributed by atoms with Crippen LogP contribution in [0.2, 0.25) is 0 Å².